The quantitative estimate of drug-likeness (QED) is 0.842. The van der Waals surface area contributed by atoms with Gasteiger partial charge in [-0.25, -0.2) is 4.98 Å². The van der Waals surface area contributed by atoms with Crippen LogP contribution >= 0.6 is 0 Å². The lowest BCUT2D eigenvalue weighted by Gasteiger charge is -2.39. The zero-order chi connectivity index (χ0) is 17.8. The molecule has 1 aromatic heterocycles. The topological polar surface area (TPSA) is 47.5 Å². The van der Waals surface area contributed by atoms with E-state index in [1.54, 1.807) is 7.11 Å². The van der Waals surface area contributed by atoms with Crippen molar-refractivity contribution in [1.82, 2.24) is 14.9 Å². The molecule has 0 aliphatic carbocycles. The molecule has 0 spiro atoms. The van der Waals surface area contributed by atoms with Crippen molar-refractivity contribution in [2.24, 2.45) is 0 Å². The van der Waals surface area contributed by atoms with Crippen LogP contribution in [0.25, 0.3) is 11.3 Å². The van der Waals surface area contributed by atoms with E-state index in [1.165, 1.54) is 19.4 Å². The van der Waals surface area contributed by atoms with Crippen LogP contribution in [0.5, 0.6) is 5.75 Å². The Balaban J connectivity index is 1.52. The van der Waals surface area contributed by atoms with Gasteiger partial charge >= 0.3 is 0 Å². The van der Waals surface area contributed by atoms with Crippen LogP contribution in [0.2, 0.25) is 0 Å². The van der Waals surface area contributed by atoms with Gasteiger partial charge in [0.2, 0.25) is 0 Å². The van der Waals surface area contributed by atoms with Crippen LogP contribution in [0.1, 0.15) is 37.3 Å². The summed E-state index contributed by atoms with van der Waals surface area (Å²) in [5.74, 6) is 1.31. The van der Waals surface area contributed by atoms with E-state index >= 15 is 0 Å². The van der Waals surface area contributed by atoms with E-state index < -0.39 is 0 Å². The van der Waals surface area contributed by atoms with Crippen molar-refractivity contribution in [3.05, 3.63) is 42.4 Å². The van der Waals surface area contributed by atoms with Crippen LogP contribution in [0, 0.1) is 0 Å². The van der Waals surface area contributed by atoms with Crippen molar-refractivity contribution < 1.29 is 9.47 Å². The Kier molecular flexibility index (Phi) is 5.46. The van der Waals surface area contributed by atoms with Gasteiger partial charge in [-0.3, -0.25) is 9.88 Å². The standard InChI is InChI=1S/C21H27N3O2/c1-25-19-6-2-4-16(12-19)20-13-22-14-21(23-20)17-5-3-9-24(15-17)18-7-10-26-11-8-18/h2,4,6,12-14,17-18H,3,5,7-11,15H2,1H3/t17-/m0/s1. The molecule has 0 N–H and O–H groups in total. The Bertz CT molecular complexity index is 731. The lowest BCUT2D eigenvalue weighted by molar-refractivity contribution is 0.0237. The zero-order valence-corrected chi connectivity index (χ0v) is 15.4. The number of piperidine rings is 1. The fourth-order valence-corrected chi connectivity index (χ4v) is 4.13. The first-order valence-electron chi connectivity index (χ1n) is 9.61. The molecule has 3 heterocycles. The predicted octanol–water partition coefficient (Wildman–Crippen LogP) is 3.51. The summed E-state index contributed by atoms with van der Waals surface area (Å²) in [7, 11) is 1.69. The second-order valence-electron chi connectivity index (χ2n) is 7.24. The van der Waals surface area contributed by atoms with Gasteiger partial charge in [0, 0.05) is 43.5 Å². The summed E-state index contributed by atoms with van der Waals surface area (Å²) in [4.78, 5) is 12.1. The number of likely N-dealkylation sites (tertiary alicyclic amines) is 1. The average molecular weight is 353 g/mol. The summed E-state index contributed by atoms with van der Waals surface area (Å²) in [6, 6.07) is 8.69. The minimum atomic E-state index is 0.463. The number of hydrogen-bond donors (Lipinski definition) is 0. The molecule has 0 amide bonds. The van der Waals surface area contributed by atoms with E-state index in [4.69, 9.17) is 14.5 Å². The van der Waals surface area contributed by atoms with E-state index in [2.05, 4.69) is 16.0 Å². The molecule has 0 saturated carbocycles. The van der Waals surface area contributed by atoms with E-state index in [1.807, 2.05) is 30.6 Å². The SMILES string of the molecule is COc1cccc(-c2cncc([C@H]3CCCN(C4CCOCC4)C3)n2)c1. The number of nitrogens with zero attached hydrogens (tertiary/aromatic N) is 3. The number of hydrogen-bond acceptors (Lipinski definition) is 5. The van der Waals surface area contributed by atoms with Crippen LogP contribution in [0.4, 0.5) is 0 Å². The first kappa shape index (κ1) is 17.4. The van der Waals surface area contributed by atoms with Crippen LogP contribution in [-0.2, 0) is 4.74 Å². The number of rotatable bonds is 4. The summed E-state index contributed by atoms with van der Waals surface area (Å²) < 4.78 is 10.9. The highest BCUT2D eigenvalue weighted by atomic mass is 16.5. The molecule has 2 aliphatic rings. The highest BCUT2D eigenvalue weighted by molar-refractivity contribution is 5.60. The van der Waals surface area contributed by atoms with Gasteiger partial charge in [-0.15, -0.1) is 0 Å². The van der Waals surface area contributed by atoms with Gasteiger partial charge in [0.1, 0.15) is 5.75 Å². The predicted molar refractivity (Wildman–Crippen MR) is 101 cm³/mol. The number of ether oxygens (including phenoxy) is 2. The van der Waals surface area contributed by atoms with E-state index in [-0.39, 0.29) is 0 Å². The molecule has 5 heteroatoms. The molecular formula is C21H27N3O2. The van der Waals surface area contributed by atoms with Gasteiger partial charge in [0.15, 0.2) is 0 Å². The van der Waals surface area contributed by atoms with Gasteiger partial charge < -0.3 is 9.47 Å². The molecule has 4 rings (SSSR count). The fraction of sp³-hybridized carbons (Fsp3) is 0.524. The molecule has 138 valence electrons. The summed E-state index contributed by atoms with van der Waals surface area (Å²) in [5, 5.41) is 0. The lowest BCUT2D eigenvalue weighted by Crippen LogP contribution is -2.44. The molecular weight excluding hydrogens is 326 g/mol. The van der Waals surface area contributed by atoms with Gasteiger partial charge in [-0.2, -0.15) is 0 Å². The van der Waals surface area contributed by atoms with Crippen molar-refractivity contribution in [2.75, 3.05) is 33.4 Å². The van der Waals surface area contributed by atoms with Crippen molar-refractivity contribution in [3.8, 4) is 17.0 Å². The molecule has 0 unspecified atom stereocenters. The minimum Gasteiger partial charge on any atom is -0.497 e. The molecule has 0 radical (unpaired) electrons. The van der Waals surface area contributed by atoms with Crippen molar-refractivity contribution in [2.45, 2.75) is 37.6 Å². The maximum Gasteiger partial charge on any atom is 0.119 e. The molecule has 0 bridgehead atoms. The Hall–Kier alpha value is -1.98. The van der Waals surface area contributed by atoms with Crippen molar-refractivity contribution in [1.29, 1.82) is 0 Å². The molecule has 1 aromatic carbocycles. The van der Waals surface area contributed by atoms with E-state index in [9.17, 15) is 0 Å². The fourth-order valence-electron chi connectivity index (χ4n) is 4.13. The summed E-state index contributed by atoms with van der Waals surface area (Å²) in [5.41, 5.74) is 3.09. The van der Waals surface area contributed by atoms with Crippen molar-refractivity contribution in [3.63, 3.8) is 0 Å². The number of methoxy groups -OCH3 is 1. The van der Waals surface area contributed by atoms with Crippen molar-refractivity contribution >= 4 is 0 Å². The average Bonchev–Trinajstić information content (AvgIpc) is 2.74. The highest BCUT2D eigenvalue weighted by Crippen LogP contribution is 2.30. The maximum absolute atomic E-state index is 5.53. The highest BCUT2D eigenvalue weighted by Gasteiger charge is 2.28. The summed E-state index contributed by atoms with van der Waals surface area (Å²) >= 11 is 0. The minimum absolute atomic E-state index is 0.463. The smallest absolute Gasteiger partial charge is 0.119 e. The third kappa shape index (κ3) is 3.89. The van der Waals surface area contributed by atoms with Crippen LogP contribution in [0.3, 0.4) is 0 Å². The first-order chi connectivity index (χ1) is 12.8. The maximum atomic E-state index is 5.53. The van der Waals surface area contributed by atoms with Crippen LogP contribution in [0.15, 0.2) is 36.7 Å². The van der Waals surface area contributed by atoms with Crippen LogP contribution < -0.4 is 4.74 Å². The van der Waals surface area contributed by atoms with E-state index in [0.29, 0.717) is 12.0 Å². The normalized spacial score (nSPS) is 22.3. The van der Waals surface area contributed by atoms with Crippen LogP contribution in [-0.4, -0.2) is 54.3 Å². The first-order valence-corrected chi connectivity index (χ1v) is 9.61. The third-order valence-electron chi connectivity index (χ3n) is 5.60. The molecule has 2 fully saturated rings. The molecule has 1 atom stereocenters. The monoisotopic (exact) mass is 353 g/mol. The third-order valence-corrected chi connectivity index (χ3v) is 5.60. The Morgan fingerprint density at radius 1 is 1.15 bits per heavy atom. The number of aromatic nitrogens is 2. The van der Waals surface area contributed by atoms with E-state index in [0.717, 1.165) is 55.3 Å². The molecule has 5 nitrogen and oxygen atoms in total. The second kappa shape index (κ2) is 8.14. The Morgan fingerprint density at radius 2 is 2.04 bits per heavy atom. The van der Waals surface area contributed by atoms with Gasteiger partial charge in [0.25, 0.3) is 0 Å². The molecule has 26 heavy (non-hydrogen) atoms. The zero-order valence-electron chi connectivity index (χ0n) is 15.4. The van der Waals surface area contributed by atoms with Gasteiger partial charge in [-0.1, -0.05) is 12.1 Å². The summed E-state index contributed by atoms with van der Waals surface area (Å²) in [6.45, 7) is 4.08. The summed E-state index contributed by atoms with van der Waals surface area (Å²) in [6.07, 6.45) is 8.52. The Labute approximate surface area is 155 Å². The molecule has 2 saturated heterocycles. The largest absolute Gasteiger partial charge is 0.497 e. The molecule has 2 aliphatic heterocycles. The second-order valence-corrected chi connectivity index (χ2v) is 7.24. The Morgan fingerprint density at radius 3 is 2.88 bits per heavy atom. The number of benzene rings is 1. The van der Waals surface area contributed by atoms with Gasteiger partial charge in [0.05, 0.1) is 24.7 Å². The molecule has 2 aromatic rings. The van der Waals surface area contributed by atoms with Gasteiger partial charge in [-0.05, 0) is 44.4 Å². The lowest BCUT2D eigenvalue weighted by atomic mass is 9.92.